The predicted octanol–water partition coefficient (Wildman–Crippen LogP) is 3.07. The van der Waals surface area contributed by atoms with Crippen LogP contribution in [0.5, 0.6) is 11.5 Å². The van der Waals surface area contributed by atoms with Crippen LogP contribution in [0.1, 0.15) is 25.8 Å². The normalized spacial score (nSPS) is 11.9. The molecule has 1 atom stereocenters. The highest BCUT2D eigenvalue weighted by Gasteiger charge is 2.32. The van der Waals surface area contributed by atoms with Crippen molar-refractivity contribution < 1.29 is 27.5 Å². The van der Waals surface area contributed by atoms with Crippen LogP contribution in [0.3, 0.4) is 0 Å². The molecule has 0 radical (unpaired) electrons. The van der Waals surface area contributed by atoms with E-state index < -0.39 is 28.5 Å². The van der Waals surface area contributed by atoms with Crippen LogP contribution in [0.15, 0.2) is 42.5 Å². The van der Waals surface area contributed by atoms with Gasteiger partial charge in [0.25, 0.3) is 0 Å². The zero-order chi connectivity index (χ0) is 26.2. The number of carbonyl (C=O) groups excluding carboxylic acids is 2. The topological polar surface area (TPSA) is 105 Å². The monoisotopic (exact) mass is 525 g/mol. The van der Waals surface area contributed by atoms with Crippen LogP contribution in [-0.2, 0) is 26.2 Å². The van der Waals surface area contributed by atoms with Gasteiger partial charge < -0.3 is 19.7 Å². The van der Waals surface area contributed by atoms with Gasteiger partial charge in [0.05, 0.1) is 26.2 Å². The lowest BCUT2D eigenvalue weighted by Crippen LogP contribution is -2.52. The Balaban J connectivity index is 2.52. The molecular weight excluding hydrogens is 494 g/mol. The van der Waals surface area contributed by atoms with Gasteiger partial charge in [-0.3, -0.25) is 13.9 Å². The fourth-order valence-electron chi connectivity index (χ4n) is 3.61. The number of ether oxygens (including phenoxy) is 2. The first-order valence-electron chi connectivity index (χ1n) is 11.1. The molecule has 0 saturated carbocycles. The van der Waals surface area contributed by atoms with Gasteiger partial charge >= 0.3 is 0 Å². The van der Waals surface area contributed by atoms with Crippen molar-refractivity contribution in [1.82, 2.24) is 10.2 Å². The van der Waals surface area contributed by atoms with Gasteiger partial charge in [-0.15, -0.1) is 0 Å². The van der Waals surface area contributed by atoms with Gasteiger partial charge in [0, 0.05) is 24.2 Å². The number of hydrogen-bond donors (Lipinski definition) is 1. The highest BCUT2D eigenvalue weighted by molar-refractivity contribution is 7.92. The molecule has 0 aliphatic carbocycles. The molecule has 0 spiro atoms. The molecule has 2 amide bonds. The summed E-state index contributed by atoms with van der Waals surface area (Å²) in [5.74, 6) is -0.210. The third-order valence-electron chi connectivity index (χ3n) is 5.37. The number of benzene rings is 2. The maximum Gasteiger partial charge on any atom is 0.244 e. The minimum atomic E-state index is -3.90. The van der Waals surface area contributed by atoms with Crippen molar-refractivity contribution in [2.24, 2.45) is 0 Å². The van der Waals surface area contributed by atoms with Gasteiger partial charge in [-0.2, -0.15) is 0 Å². The van der Waals surface area contributed by atoms with E-state index in [0.29, 0.717) is 29.3 Å². The van der Waals surface area contributed by atoms with Crippen LogP contribution in [0.2, 0.25) is 5.02 Å². The van der Waals surface area contributed by atoms with Crippen molar-refractivity contribution in [3.8, 4) is 11.5 Å². The molecule has 0 unspecified atom stereocenters. The smallest absolute Gasteiger partial charge is 0.244 e. The summed E-state index contributed by atoms with van der Waals surface area (Å²) in [6.45, 7) is 3.45. The second-order valence-electron chi connectivity index (χ2n) is 7.74. The van der Waals surface area contributed by atoms with Gasteiger partial charge in [0.2, 0.25) is 21.8 Å². The summed E-state index contributed by atoms with van der Waals surface area (Å²) in [5, 5.41) is 3.18. The second kappa shape index (κ2) is 12.6. The largest absolute Gasteiger partial charge is 0.497 e. The number of likely N-dealkylation sites (N-methyl/N-ethyl adjacent to an activating group) is 1. The lowest BCUT2D eigenvalue weighted by Gasteiger charge is -2.33. The molecular formula is C24H32ClN3O6S. The number of hydrogen-bond acceptors (Lipinski definition) is 6. The first-order chi connectivity index (χ1) is 16.6. The van der Waals surface area contributed by atoms with Crippen molar-refractivity contribution in [3.05, 3.63) is 53.1 Å². The number of anilines is 1. The number of nitrogens with zero attached hydrogens (tertiary/aromatic N) is 2. The van der Waals surface area contributed by atoms with Crippen molar-refractivity contribution >= 4 is 39.1 Å². The molecule has 0 bridgehead atoms. The van der Waals surface area contributed by atoms with Crippen LogP contribution in [-0.4, -0.2) is 64.7 Å². The first-order valence-corrected chi connectivity index (χ1v) is 13.3. The number of halogens is 1. The number of amides is 2. The molecule has 0 fully saturated rings. The summed E-state index contributed by atoms with van der Waals surface area (Å²) in [4.78, 5) is 27.8. The Hall–Kier alpha value is -2.98. The Labute approximate surface area is 212 Å². The number of nitrogens with one attached hydrogen (secondary N) is 1. The van der Waals surface area contributed by atoms with Crippen LogP contribution in [0.25, 0.3) is 0 Å². The van der Waals surface area contributed by atoms with Gasteiger partial charge in [-0.05, 0) is 37.1 Å². The number of carbonyl (C=O) groups is 2. The maximum atomic E-state index is 13.7. The molecule has 0 heterocycles. The minimum Gasteiger partial charge on any atom is -0.497 e. The summed E-state index contributed by atoms with van der Waals surface area (Å²) < 4.78 is 37.0. The zero-order valence-electron chi connectivity index (χ0n) is 20.6. The maximum absolute atomic E-state index is 13.7. The highest BCUT2D eigenvalue weighted by Crippen LogP contribution is 2.34. The molecule has 0 aliphatic heterocycles. The second-order valence-corrected chi connectivity index (χ2v) is 10.1. The van der Waals surface area contributed by atoms with Gasteiger partial charge in [-0.25, -0.2) is 8.42 Å². The summed E-state index contributed by atoms with van der Waals surface area (Å²) in [5.41, 5.74) is 0.811. The summed E-state index contributed by atoms with van der Waals surface area (Å²) >= 11 is 6.33. The van der Waals surface area contributed by atoms with E-state index in [9.17, 15) is 18.0 Å². The SMILES string of the molecule is CCNC(=O)[C@@H](CC)N(Cc1ccccc1Cl)C(=O)CN(c1ccc(OC)cc1OC)S(C)(=O)=O. The standard InChI is InChI=1S/C24H32ClN3O6S/c1-6-20(24(30)26-7-2)27(15-17-10-8-9-11-19(17)25)23(29)16-28(35(5,31)32)21-13-12-18(33-3)14-22(21)34-4/h8-14,20H,6-7,15-16H2,1-5H3,(H,26,30)/t20-/m1/s1. The Morgan fingerprint density at radius 3 is 2.31 bits per heavy atom. The van der Waals surface area contributed by atoms with E-state index in [-0.39, 0.29) is 23.9 Å². The lowest BCUT2D eigenvalue weighted by atomic mass is 10.1. The number of sulfonamides is 1. The molecule has 2 aromatic carbocycles. The van der Waals surface area contributed by atoms with E-state index in [1.165, 1.54) is 31.3 Å². The van der Waals surface area contributed by atoms with E-state index >= 15 is 0 Å². The van der Waals surface area contributed by atoms with Gasteiger partial charge in [-0.1, -0.05) is 36.7 Å². The van der Waals surface area contributed by atoms with Gasteiger partial charge in [0.15, 0.2) is 0 Å². The van der Waals surface area contributed by atoms with Crippen molar-refractivity contribution in [2.45, 2.75) is 32.9 Å². The Bertz CT molecular complexity index is 1140. The van der Waals surface area contributed by atoms with Crippen LogP contribution >= 0.6 is 11.6 Å². The highest BCUT2D eigenvalue weighted by atomic mass is 35.5. The third kappa shape index (κ3) is 7.25. The van der Waals surface area contributed by atoms with Crippen LogP contribution in [0.4, 0.5) is 5.69 Å². The Morgan fingerprint density at radius 2 is 1.77 bits per heavy atom. The molecule has 0 saturated heterocycles. The van der Waals surface area contributed by atoms with E-state index in [1.54, 1.807) is 44.2 Å². The minimum absolute atomic E-state index is 0.0332. The summed E-state index contributed by atoms with van der Waals surface area (Å²) in [6, 6.07) is 10.8. The molecule has 0 aromatic heterocycles. The quantitative estimate of drug-likeness (QED) is 0.456. The molecule has 1 N–H and O–H groups in total. The lowest BCUT2D eigenvalue weighted by molar-refractivity contribution is -0.140. The molecule has 9 nitrogen and oxygen atoms in total. The number of methoxy groups -OCH3 is 2. The van der Waals surface area contributed by atoms with E-state index in [2.05, 4.69) is 5.32 Å². The molecule has 35 heavy (non-hydrogen) atoms. The van der Waals surface area contributed by atoms with E-state index in [0.717, 1.165) is 10.6 Å². The molecule has 2 aromatic rings. The van der Waals surface area contributed by atoms with Crippen molar-refractivity contribution in [2.75, 3.05) is 37.9 Å². The van der Waals surface area contributed by atoms with Crippen molar-refractivity contribution in [1.29, 1.82) is 0 Å². The zero-order valence-corrected chi connectivity index (χ0v) is 22.1. The van der Waals surface area contributed by atoms with Crippen LogP contribution < -0.4 is 19.1 Å². The van der Waals surface area contributed by atoms with Crippen LogP contribution in [0, 0.1) is 0 Å². The molecule has 11 heteroatoms. The summed E-state index contributed by atoms with van der Waals surface area (Å²) in [7, 11) is -1.03. The number of rotatable bonds is 12. The molecule has 2 rings (SSSR count). The molecule has 192 valence electrons. The fraction of sp³-hybridized carbons (Fsp3) is 0.417. The van der Waals surface area contributed by atoms with E-state index in [4.69, 9.17) is 21.1 Å². The summed E-state index contributed by atoms with van der Waals surface area (Å²) in [6.07, 6.45) is 1.33. The first kappa shape index (κ1) is 28.3. The Kier molecular flexibility index (Phi) is 10.2. The Morgan fingerprint density at radius 1 is 1.09 bits per heavy atom. The van der Waals surface area contributed by atoms with Gasteiger partial charge in [0.1, 0.15) is 24.1 Å². The average molecular weight is 526 g/mol. The van der Waals surface area contributed by atoms with Crippen molar-refractivity contribution in [3.63, 3.8) is 0 Å². The fourth-order valence-corrected chi connectivity index (χ4v) is 4.66. The van der Waals surface area contributed by atoms with E-state index in [1.807, 2.05) is 0 Å². The predicted molar refractivity (Wildman–Crippen MR) is 137 cm³/mol. The third-order valence-corrected chi connectivity index (χ3v) is 6.87. The average Bonchev–Trinajstić information content (AvgIpc) is 2.82. The molecule has 0 aliphatic rings.